The average Bonchev–Trinajstić information content (AvgIpc) is 2.33. The van der Waals surface area contributed by atoms with Crippen LogP contribution in [0.1, 0.15) is 18.1 Å². The number of nitrogens with two attached hydrogens (primary N) is 1. The Balaban J connectivity index is 3.25. The van der Waals surface area contributed by atoms with E-state index in [0.29, 0.717) is 17.2 Å². The van der Waals surface area contributed by atoms with Gasteiger partial charge in [0.2, 0.25) is 5.91 Å². The van der Waals surface area contributed by atoms with Crippen LogP contribution in [0, 0.1) is 13.8 Å². The van der Waals surface area contributed by atoms with E-state index in [4.69, 9.17) is 15.2 Å². The second-order valence-corrected chi connectivity index (χ2v) is 4.19. The number of hydrogen-bond acceptors (Lipinski definition) is 4. The molecule has 5 heteroatoms. The SMILES string of the molecule is COc1cc(NC(=O)C(C)N)c(OC)c(C)c1C. The monoisotopic (exact) mass is 252 g/mol. The molecule has 0 aromatic heterocycles. The van der Waals surface area contributed by atoms with E-state index >= 15 is 0 Å². The summed E-state index contributed by atoms with van der Waals surface area (Å²) in [5, 5.41) is 2.73. The van der Waals surface area contributed by atoms with Gasteiger partial charge in [-0.3, -0.25) is 4.79 Å². The maximum atomic E-state index is 11.6. The Morgan fingerprint density at radius 2 is 1.89 bits per heavy atom. The third-order valence-corrected chi connectivity index (χ3v) is 2.89. The topological polar surface area (TPSA) is 73.6 Å². The van der Waals surface area contributed by atoms with Crippen LogP contribution >= 0.6 is 0 Å². The van der Waals surface area contributed by atoms with Crippen molar-refractivity contribution in [2.45, 2.75) is 26.8 Å². The first-order valence-electron chi connectivity index (χ1n) is 5.71. The van der Waals surface area contributed by atoms with Crippen LogP contribution in [-0.4, -0.2) is 26.2 Å². The van der Waals surface area contributed by atoms with Gasteiger partial charge in [-0.1, -0.05) is 0 Å². The molecule has 0 aliphatic carbocycles. The Bertz CT molecular complexity index is 456. The normalized spacial score (nSPS) is 11.9. The Labute approximate surface area is 107 Å². The van der Waals surface area contributed by atoms with Gasteiger partial charge in [-0.25, -0.2) is 0 Å². The van der Waals surface area contributed by atoms with Crippen molar-refractivity contribution in [1.82, 2.24) is 0 Å². The van der Waals surface area contributed by atoms with Gasteiger partial charge in [0, 0.05) is 6.07 Å². The summed E-state index contributed by atoms with van der Waals surface area (Å²) in [6.45, 7) is 5.48. The highest BCUT2D eigenvalue weighted by Gasteiger charge is 2.17. The lowest BCUT2D eigenvalue weighted by Crippen LogP contribution is -2.32. The maximum Gasteiger partial charge on any atom is 0.241 e. The van der Waals surface area contributed by atoms with Crippen molar-refractivity contribution in [3.8, 4) is 11.5 Å². The molecule has 1 aromatic rings. The number of anilines is 1. The van der Waals surface area contributed by atoms with E-state index in [1.807, 2.05) is 13.8 Å². The number of benzene rings is 1. The van der Waals surface area contributed by atoms with Crippen LogP contribution < -0.4 is 20.5 Å². The summed E-state index contributed by atoms with van der Waals surface area (Å²) in [6, 6.07) is 1.16. The molecule has 0 saturated carbocycles. The third-order valence-electron chi connectivity index (χ3n) is 2.89. The van der Waals surface area contributed by atoms with E-state index in [-0.39, 0.29) is 5.91 Å². The molecule has 1 rings (SSSR count). The zero-order valence-corrected chi connectivity index (χ0v) is 11.5. The van der Waals surface area contributed by atoms with Gasteiger partial charge in [0.15, 0.2) is 0 Å². The Hall–Kier alpha value is -1.75. The molecule has 0 saturated heterocycles. The molecule has 0 heterocycles. The summed E-state index contributed by atoms with van der Waals surface area (Å²) in [6.07, 6.45) is 0. The first kappa shape index (κ1) is 14.3. The van der Waals surface area contributed by atoms with Gasteiger partial charge in [0.25, 0.3) is 0 Å². The van der Waals surface area contributed by atoms with E-state index in [2.05, 4.69) is 5.32 Å². The van der Waals surface area contributed by atoms with E-state index in [0.717, 1.165) is 11.1 Å². The number of ether oxygens (including phenoxy) is 2. The second-order valence-electron chi connectivity index (χ2n) is 4.19. The Morgan fingerprint density at radius 3 is 2.33 bits per heavy atom. The first-order valence-corrected chi connectivity index (χ1v) is 5.71. The molecule has 0 aliphatic rings. The van der Waals surface area contributed by atoms with Crippen molar-refractivity contribution < 1.29 is 14.3 Å². The molecule has 1 aromatic carbocycles. The van der Waals surface area contributed by atoms with Crippen molar-refractivity contribution in [3.05, 3.63) is 17.2 Å². The van der Waals surface area contributed by atoms with Crippen LogP contribution in [0.4, 0.5) is 5.69 Å². The number of methoxy groups -OCH3 is 2. The summed E-state index contributed by atoms with van der Waals surface area (Å²) >= 11 is 0. The maximum absolute atomic E-state index is 11.6. The number of carbonyl (C=O) groups is 1. The molecular weight excluding hydrogens is 232 g/mol. The van der Waals surface area contributed by atoms with Crippen molar-refractivity contribution in [1.29, 1.82) is 0 Å². The fourth-order valence-electron chi connectivity index (χ4n) is 1.68. The highest BCUT2D eigenvalue weighted by Crippen LogP contribution is 2.36. The van der Waals surface area contributed by atoms with Crippen molar-refractivity contribution in [3.63, 3.8) is 0 Å². The Morgan fingerprint density at radius 1 is 1.28 bits per heavy atom. The van der Waals surface area contributed by atoms with E-state index in [9.17, 15) is 4.79 Å². The fourth-order valence-corrected chi connectivity index (χ4v) is 1.68. The van der Waals surface area contributed by atoms with Gasteiger partial charge in [-0.2, -0.15) is 0 Å². The number of nitrogens with one attached hydrogen (secondary N) is 1. The van der Waals surface area contributed by atoms with E-state index in [1.54, 1.807) is 27.2 Å². The molecule has 0 spiro atoms. The fraction of sp³-hybridized carbons (Fsp3) is 0.462. The number of amides is 1. The Kier molecular flexibility index (Phi) is 4.55. The van der Waals surface area contributed by atoms with Crippen LogP contribution in [0.25, 0.3) is 0 Å². The van der Waals surface area contributed by atoms with Crippen LogP contribution in [0.2, 0.25) is 0 Å². The van der Waals surface area contributed by atoms with Gasteiger partial charge in [-0.05, 0) is 31.9 Å². The van der Waals surface area contributed by atoms with Crippen LogP contribution in [0.15, 0.2) is 6.07 Å². The molecule has 0 bridgehead atoms. The molecule has 1 atom stereocenters. The zero-order chi connectivity index (χ0) is 13.9. The van der Waals surface area contributed by atoms with Crippen molar-refractivity contribution in [2.24, 2.45) is 5.73 Å². The van der Waals surface area contributed by atoms with Gasteiger partial charge in [0.05, 0.1) is 25.9 Å². The van der Waals surface area contributed by atoms with Crippen LogP contribution in [-0.2, 0) is 4.79 Å². The molecule has 5 nitrogen and oxygen atoms in total. The second kappa shape index (κ2) is 5.73. The minimum atomic E-state index is -0.581. The van der Waals surface area contributed by atoms with Crippen LogP contribution in [0.5, 0.6) is 11.5 Å². The highest BCUT2D eigenvalue weighted by atomic mass is 16.5. The van der Waals surface area contributed by atoms with Gasteiger partial charge in [0.1, 0.15) is 11.5 Å². The quantitative estimate of drug-likeness (QED) is 0.853. The summed E-state index contributed by atoms with van der Waals surface area (Å²) in [5.74, 6) is 1.06. The average molecular weight is 252 g/mol. The molecule has 1 unspecified atom stereocenters. The molecule has 18 heavy (non-hydrogen) atoms. The van der Waals surface area contributed by atoms with Crippen molar-refractivity contribution in [2.75, 3.05) is 19.5 Å². The van der Waals surface area contributed by atoms with E-state index < -0.39 is 6.04 Å². The smallest absolute Gasteiger partial charge is 0.241 e. The minimum Gasteiger partial charge on any atom is -0.496 e. The predicted molar refractivity (Wildman–Crippen MR) is 71.3 cm³/mol. The third kappa shape index (κ3) is 2.73. The predicted octanol–water partition coefficient (Wildman–Crippen LogP) is 1.61. The minimum absolute atomic E-state index is 0.265. The lowest BCUT2D eigenvalue weighted by molar-refractivity contribution is -0.117. The lowest BCUT2D eigenvalue weighted by Gasteiger charge is -2.18. The molecule has 100 valence electrons. The molecule has 3 N–H and O–H groups in total. The summed E-state index contributed by atoms with van der Waals surface area (Å²) in [7, 11) is 3.15. The summed E-state index contributed by atoms with van der Waals surface area (Å²) < 4.78 is 10.6. The standard InChI is InChI=1S/C13H20N2O3/c1-7-8(2)12(18-5)10(6-11(7)17-4)15-13(16)9(3)14/h6,9H,14H2,1-5H3,(H,15,16). The van der Waals surface area contributed by atoms with E-state index in [1.165, 1.54) is 0 Å². The molecular formula is C13H20N2O3. The summed E-state index contributed by atoms with van der Waals surface area (Å²) in [5.41, 5.74) is 8.01. The van der Waals surface area contributed by atoms with Gasteiger partial charge < -0.3 is 20.5 Å². The highest BCUT2D eigenvalue weighted by molar-refractivity contribution is 5.96. The molecule has 0 aliphatic heterocycles. The lowest BCUT2D eigenvalue weighted by atomic mass is 10.1. The van der Waals surface area contributed by atoms with Crippen molar-refractivity contribution >= 4 is 11.6 Å². The number of rotatable bonds is 4. The first-order chi connectivity index (χ1) is 8.42. The largest absolute Gasteiger partial charge is 0.496 e. The number of hydrogen-bond donors (Lipinski definition) is 2. The van der Waals surface area contributed by atoms with Crippen LogP contribution in [0.3, 0.4) is 0 Å². The molecule has 1 amide bonds. The zero-order valence-electron chi connectivity index (χ0n) is 11.5. The number of carbonyl (C=O) groups excluding carboxylic acids is 1. The molecule has 0 fully saturated rings. The summed E-state index contributed by atoms with van der Waals surface area (Å²) in [4.78, 5) is 11.6. The van der Waals surface area contributed by atoms with Gasteiger partial charge >= 0.3 is 0 Å². The van der Waals surface area contributed by atoms with Gasteiger partial charge in [-0.15, -0.1) is 0 Å². The molecule has 0 radical (unpaired) electrons.